The molecule has 43 heavy (non-hydrogen) atoms. The van der Waals surface area contributed by atoms with Gasteiger partial charge < -0.3 is 19.9 Å². The van der Waals surface area contributed by atoms with Crippen molar-refractivity contribution in [1.29, 1.82) is 0 Å². The van der Waals surface area contributed by atoms with Crippen molar-refractivity contribution in [2.45, 2.75) is 58.1 Å². The second-order valence-electron chi connectivity index (χ2n) is 11.3. The van der Waals surface area contributed by atoms with Gasteiger partial charge in [0, 0.05) is 47.8 Å². The molecule has 1 fully saturated rings. The first-order valence-corrected chi connectivity index (χ1v) is 13.3. The van der Waals surface area contributed by atoms with Gasteiger partial charge in [0.05, 0.1) is 12.2 Å². The molecule has 0 spiro atoms. The second-order valence-corrected chi connectivity index (χ2v) is 11.3. The number of hydrogen-bond acceptors (Lipinski definition) is 7. The molecule has 1 aliphatic heterocycles. The summed E-state index contributed by atoms with van der Waals surface area (Å²) in [7, 11) is 0. The third-order valence-corrected chi connectivity index (χ3v) is 6.87. The Morgan fingerprint density at radius 1 is 1.12 bits per heavy atom. The number of anilines is 3. The number of pyridine rings is 2. The van der Waals surface area contributed by atoms with Crippen LogP contribution in [0.3, 0.4) is 0 Å². The highest BCUT2D eigenvalue weighted by Crippen LogP contribution is 2.42. The Bertz CT molecular complexity index is 1640. The number of amides is 4. The van der Waals surface area contributed by atoms with Gasteiger partial charge in [-0.15, -0.1) is 0 Å². The van der Waals surface area contributed by atoms with Gasteiger partial charge in [-0.1, -0.05) is 0 Å². The molecule has 3 heterocycles. The molecule has 0 radical (unpaired) electrons. The Labute approximate surface area is 243 Å². The van der Waals surface area contributed by atoms with Gasteiger partial charge in [0.1, 0.15) is 23.7 Å². The van der Waals surface area contributed by atoms with E-state index in [1.807, 2.05) is 0 Å². The van der Waals surface area contributed by atoms with Gasteiger partial charge in [-0.05, 0) is 50.8 Å². The molecule has 3 aromatic rings. The summed E-state index contributed by atoms with van der Waals surface area (Å²) in [6.07, 6.45) is -0.528. The Morgan fingerprint density at radius 3 is 2.49 bits per heavy atom. The fourth-order valence-corrected chi connectivity index (χ4v) is 4.97. The number of carboxylic acid groups (broad SMARTS) is 1. The average molecular weight is 603 g/mol. The van der Waals surface area contributed by atoms with Crippen LogP contribution >= 0.6 is 0 Å². The van der Waals surface area contributed by atoms with Crippen LogP contribution in [-0.2, 0) is 4.74 Å². The zero-order valence-corrected chi connectivity index (χ0v) is 23.7. The van der Waals surface area contributed by atoms with Crippen LogP contribution < -0.4 is 25.6 Å². The lowest BCUT2D eigenvalue weighted by atomic mass is 9.88. The predicted molar refractivity (Wildman–Crippen MR) is 151 cm³/mol. The van der Waals surface area contributed by atoms with Crippen molar-refractivity contribution in [1.82, 2.24) is 15.3 Å². The van der Waals surface area contributed by atoms with Crippen LogP contribution in [0.2, 0.25) is 0 Å². The van der Waals surface area contributed by atoms with E-state index >= 15 is 4.39 Å². The lowest BCUT2D eigenvalue weighted by Gasteiger charge is -2.35. The van der Waals surface area contributed by atoms with Gasteiger partial charge in [-0.25, -0.2) is 37.5 Å². The van der Waals surface area contributed by atoms with Gasteiger partial charge in [0.25, 0.3) is 5.92 Å². The molecule has 12 nitrogen and oxygen atoms in total. The lowest BCUT2D eigenvalue weighted by Crippen LogP contribution is -2.51. The maximum Gasteiger partial charge on any atom is 0.412 e. The Hall–Kier alpha value is -4.82. The molecule has 0 atom stereocenters. The summed E-state index contributed by atoms with van der Waals surface area (Å²) >= 11 is 0. The topological polar surface area (TPSA) is 155 Å². The Balaban J connectivity index is 1.58. The predicted octanol–water partition coefficient (Wildman–Crippen LogP) is 5.89. The minimum atomic E-state index is -2.81. The second kappa shape index (κ2) is 10.8. The molecule has 0 unspecified atom stereocenters. The molecule has 2 aliphatic rings. The number of alkyl halides is 2. The van der Waals surface area contributed by atoms with E-state index in [1.165, 1.54) is 24.5 Å². The number of carbonyl (C=O) groups excluding carboxylic acids is 2. The number of benzene rings is 1. The van der Waals surface area contributed by atoms with Crippen LogP contribution in [0.15, 0.2) is 24.5 Å². The first-order valence-electron chi connectivity index (χ1n) is 13.3. The van der Waals surface area contributed by atoms with Gasteiger partial charge in [0.2, 0.25) is 5.88 Å². The van der Waals surface area contributed by atoms with E-state index in [0.717, 1.165) is 4.90 Å². The number of urea groups is 1. The van der Waals surface area contributed by atoms with E-state index in [9.17, 15) is 28.3 Å². The van der Waals surface area contributed by atoms with Crippen molar-refractivity contribution in [2.75, 3.05) is 28.7 Å². The third kappa shape index (κ3) is 6.20. The number of halogens is 3. The number of nitrogens with zero attached hydrogens (tertiary/aromatic N) is 3. The van der Waals surface area contributed by atoms with Crippen molar-refractivity contribution in [3.8, 4) is 17.0 Å². The average Bonchev–Trinajstić information content (AvgIpc) is 2.88. The summed E-state index contributed by atoms with van der Waals surface area (Å²) in [5.74, 6) is -3.57. The van der Waals surface area contributed by atoms with Crippen molar-refractivity contribution in [3.05, 3.63) is 35.9 Å². The Morgan fingerprint density at radius 2 is 1.84 bits per heavy atom. The number of carbonyl (C=O) groups is 3. The maximum absolute atomic E-state index is 16.3. The fourth-order valence-electron chi connectivity index (χ4n) is 4.97. The first kappa shape index (κ1) is 29.7. The lowest BCUT2D eigenvalue weighted by molar-refractivity contribution is -0.0894. The SMILES string of the molecule is Cc1c(-c2cc3cc(NC(=O)NC4CC(F)(F)C4)ncc3c(NC(=O)OC(C)(C)C)c2F)cnc2c1N(C(=O)O)CCO2. The fraction of sp³-hybridized carbons (Fsp3) is 0.393. The molecule has 5 rings (SSSR count). The summed E-state index contributed by atoms with van der Waals surface area (Å²) in [6.45, 7) is 6.67. The molecule has 0 saturated heterocycles. The summed E-state index contributed by atoms with van der Waals surface area (Å²) < 4.78 is 53.4. The van der Waals surface area contributed by atoms with Crippen LogP contribution in [0.1, 0.15) is 39.2 Å². The molecule has 4 N–H and O–H groups in total. The van der Waals surface area contributed by atoms with E-state index in [2.05, 4.69) is 25.9 Å². The number of aromatic nitrogens is 2. The molecule has 1 saturated carbocycles. The Kier molecular flexibility index (Phi) is 7.44. The molecular weight excluding hydrogens is 573 g/mol. The van der Waals surface area contributed by atoms with Gasteiger partial charge in [-0.3, -0.25) is 15.5 Å². The van der Waals surface area contributed by atoms with Crippen molar-refractivity contribution < 1.29 is 42.1 Å². The monoisotopic (exact) mass is 602 g/mol. The van der Waals surface area contributed by atoms with Crippen molar-refractivity contribution in [3.63, 3.8) is 0 Å². The van der Waals surface area contributed by atoms with Gasteiger partial charge in [-0.2, -0.15) is 0 Å². The summed E-state index contributed by atoms with van der Waals surface area (Å²) in [5, 5.41) is 17.6. The smallest absolute Gasteiger partial charge is 0.412 e. The molecule has 15 heteroatoms. The van der Waals surface area contributed by atoms with E-state index in [1.54, 1.807) is 27.7 Å². The molecular formula is C28H29F3N6O6. The molecule has 1 aromatic carbocycles. The summed E-state index contributed by atoms with van der Waals surface area (Å²) in [5.41, 5.74) is -0.464. The maximum atomic E-state index is 16.3. The highest BCUT2D eigenvalue weighted by atomic mass is 19.3. The van der Waals surface area contributed by atoms with E-state index in [0.29, 0.717) is 10.9 Å². The first-order chi connectivity index (χ1) is 20.1. The van der Waals surface area contributed by atoms with E-state index in [-0.39, 0.29) is 52.7 Å². The van der Waals surface area contributed by atoms with Crippen LogP contribution in [0.5, 0.6) is 5.88 Å². The number of fused-ring (bicyclic) bond motifs is 2. The van der Waals surface area contributed by atoms with Crippen molar-refractivity contribution >= 4 is 46.2 Å². The van der Waals surface area contributed by atoms with Gasteiger partial charge >= 0.3 is 18.2 Å². The summed E-state index contributed by atoms with van der Waals surface area (Å²) in [4.78, 5) is 46.4. The number of ether oxygens (including phenoxy) is 2. The standard InChI is InChI=1S/C28H29F3N6O6/c1-13-17(11-33-23-22(13)37(26(40)41)5-6-42-23)16-7-14-8-19(35-24(38)34-15-9-28(30,31)10-15)32-12-18(14)21(20(16)29)36-25(39)43-27(2,3)4/h7-8,11-12,15H,5-6,9-10H2,1-4H3,(H,36,39)(H,40,41)(H2,32,34,35,38). The molecule has 228 valence electrons. The minimum Gasteiger partial charge on any atom is -0.474 e. The largest absolute Gasteiger partial charge is 0.474 e. The zero-order valence-electron chi connectivity index (χ0n) is 23.7. The minimum absolute atomic E-state index is 0.0302. The highest BCUT2D eigenvalue weighted by molar-refractivity contribution is 6.05. The zero-order chi connectivity index (χ0) is 31.3. The quantitative estimate of drug-likeness (QED) is 0.288. The number of rotatable bonds is 4. The molecule has 0 bridgehead atoms. The van der Waals surface area contributed by atoms with Crippen LogP contribution in [-0.4, -0.2) is 64.0 Å². The van der Waals surface area contributed by atoms with Crippen molar-refractivity contribution in [2.24, 2.45) is 0 Å². The van der Waals surface area contributed by atoms with Crippen LogP contribution in [0.25, 0.3) is 21.9 Å². The molecule has 2 aromatic heterocycles. The van der Waals surface area contributed by atoms with Crippen LogP contribution in [0, 0.1) is 12.7 Å². The van der Waals surface area contributed by atoms with Crippen LogP contribution in [0.4, 0.5) is 44.7 Å². The van der Waals surface area contributed by atoms with E-state index in [4.69, 9.17) is 9.47 Å². The number of hydrogen-bond donors (Lipinski definition) is 4. The molecule has 1 aliphatic carbocycles. The van der Waals surface area contributed by atoms with Gasteiger partial charge in [0.15, 0.2) is 5.82 Å². The highest BCUT2D eigenvalue weighted by Gasteiger charge is 2.46. The normalized spacial score (nSPS) is 16.0. The molecule has 4 amide bonds. The van der Waals surface area contributed by atoms with E-state index < -0.39 is 54.4 Å². The number of nitrogens with one attached hydrogen (secondary N) is 3. The summed E-state index contributed by atoms with van der Waals surface area (Å²) in [6, 6.07) is 1.43. The third-order valence-electron chi connectivity index (χ3n) is 6.87.